The van der Waals surface area contributed by atoms with E-state index in [9.17, 15) is 4.79 Å². The molecule has 1 aliphatic carbocycles. The fourth-order valence-corrected chi connectivity index (χ4v) is 3.92. The van der Waals surface area contributed by atoms with Crippen LogP contribution in [-0.2, 0) is 4.79 Å². The lowest BCUT2D eigenvalue weighted by molar-refractivity contribution is -0.114. The van der Waals surface area contributed by atoms with Crippen LogP contribution in [0.15, 0.2) is 30.4 Å². The van der Waals surface area contributed by atoms with Gasteiger partial charge in [0, 0.05) is 25.2 Å². The molecule has 0 bridgehead atoms. The number of carbonyl (C=O) groups is 1. The molecule has 1 saturated heterocycles. The average molecular weight is 364 g/mol. The number of aromatic nitrogens is 4. The highest BCUT2D eigenvalue weighted by Gasteiger charge is 2.30. The van der Waals surface area contributed by atoms with Crippen LogP contribution in [0.2, 0.25) is 0 Å². The fourth-order valence-electron chi connectivity index (χ4n) is 3.92. The van der Waals surface area contributed by atoms with Gasteiger partial charge >= 0.3 is 0 Å². The molecule has 0 saturated carbocycles. The largest absolute Gasteiger partial charge is 0.316 e. The number of allylic oxidation sites excluding steroid dienone is 3. The van der Waals surface area contributed by atoms with Crippen molar-refractivity contribution in [2.75, 3.05) is 18.4 Å². The summed E-state index contributed by atoms with van der Waals surface area (Å²) in [6.45, 7) is 7.37. The molecule has 2 unspecified atom stereocenters. The van der Waals surface area contributed by atoms with E-state index < -0.39 is 0 Å². The van der Waals surface area contributed by atoms with Gasteiger partial charge in [0.2, 0.25) is 5.91 Å². The number of piperidine rings is 1. The second kappa shape index (κ2) is 7.08. The van der Waals surface area contributed by atoms with Crippen LogP contribution < -0.4 is 10.6 Å². The predicted molar refractivity (Wildman–Crippen MR) is 105 cm³/mol. The highest BCUT2D eigenvalue weighted by atomic mass is 16.1. The summed E-state index contributed by atoms with van der Waals surface area (Å²) < 4.78 is 1.73. The fraction of sp³-hybridized carbons (Fsp3) is 0.400. The third-order valence-corrected chi connectivity index (χ3v) is 5.08. The molecule has 2 aromatic rings. The zero-order valence-electron chi connectivity index (χ0n) is 15.9. The molecule has 7 nitrogen and oxygen atoms in total. The first kappa shape index (κ1) is 17.6. The van der Waals surface area contributed by atoms with Crippen LogP contribution in [0.3, 0.4) is 0 Å². The summed E-state index contributed by atoms with van der Waals surface area (Å²) in [5, 5.41) is 10.8. The minimum atomic E-state index is -0.156. The van der Waals surface area contributed by atoms with Crippen LogP contribution in [0, 0.1) is 25.7 Å². The van der Waals surface area contributed by atoms with Crippen LogP contribution >= 0.6 is 0 Å². The van der Waals surface area contributed by atoms with E-state index in [4.69, 9.17) is 4.98 Å². The smallest absolute Gasteiger partial charge is 0.253 e. The molecule has 0 spiro atoms. The number of rotatable bonds is 3. The van der Waals surface area contributed by atoms with Crippen molar-refractivity contribution >= 4 is 17.3 Å². The summed E-state index contributed by atoms with van der Waals surface area (Å²) in [6.07, 6.45) is 7.57. The van der Waals surface area contributed by atoms with Crippen molar-refractivity contribution in [1.82, 2.24) is 25.1 Å². The number of aryl methyl sites for hydroxylation is 2. The third kappa shape index (κ3) is 3.55. The highest BCUT2D eigenvalue weighted by molar-refractivity contribution is 5.88. The monoisotopic (exact) mass is 364 g/mol. The lowest BCUT2D eigenvalue weighted by Crippen LogP contribution is -2.37. The van der Waals surface area contributed by atoms with E-state index in [1.54, 1.807) is 4.68 Å². The summed E-state index contributed by atoms with van der Waals surface area (Å²) in [5.41, 5.74) is 3.90. The molecule has 1 aliphatic heterocycles. The van der Waals surface area contributed by atoms with Crippen molar-refractivity contribution < 1.29 is 4.79 Å². The number of hydrogen-bond acceptors (Lipinski definition) is 5. The second-order valence-electron chi connectivity index (χ2n) is 7.23. The lowest BCUT2D eigenvalue weighted by atomic mass is 9.77. The van der Waals surface area contributed by atoms with Gasteiger partial charge in [-0.1, -0.05) is 18.2 Å². The van der Waals surface area contributed by atoms with Gasteiger partial charge in [-0.3, -0.25) is 4.79 Å². The van der Waals surface area contributed by atoms with Crippen molar-refractivity contribution in [2.45, 2.75) is 27.2 Å². The summed E-state index contributed by atoms with van der Waals surface area (Å²) in [4.78, 5) is 21.0. The van der Waals surface area contributed by atoms with Crippen LogP contribution in [0.1, 0.15) is 30.4 Å². The van der Waals surface area contributed by atoms with Gasteiger partial charge in [0.1, 0.15) is 5.82 Å². The SMILES string of the molecule is CC(=O)Nc1cc(C2=CC=CC3CNCCC23)nc(-n2nc(C)cc2C)n1. The number of nitrogens with zero attached hydrogens (tertiary/aromatic N) is 4. The van der Waals surface area contributed by atoms with Gasteiger partial charge in [0.25, 0.3) is 5.95 Å². The Morgan fingerprint density at radius 1 is 1.30 bits per heavy atom. The van der Waals surface area contributed by atoms with E-state index in [1.165, 1.54) is 12.5 Å². The minimum absolute atomic E-state index is 0.156. The molecule has 2 aromatic heterocycles. The third-order valence-electron chi connectivity index (χ3n) is 5.08. The Balaban J connectivity index is 1.81. The number of carbonyl (C=O) groups excluding carboxylic acids is 1. The molecule has 27 heavy (non-hydrogen) atoms. The van der Waals surface area contributed by atoms with E-state index in [2.05, 4.69) is 38.9 Å². The van der Waals surface area contributed by atoms with Crippen molar-refractivity contribution in [3.8, 4) is 5.95 Å². The second-order valence-corrected chi connectivity index (χ2v) is 7.23. The summed E-state index contributed by atoms with van der Waals surface area (Å²) in [6, 6.07) is 3.85. The number of fused-ring (bicyclic) bond motifs is 1. The molecule has 2 aliphatic rings. The van der Waals surface area contributed by atoms with Gasteiger partial charge in [-0.15, -0.1) is 0 Å². The zero-order chi connectivity index (χ0) is 19.0. The maximum absolute atomic E-state index is 11.6. The molecule has 2 atom stereocenters. The molecular weight excluding hydrogens is 340 g/mol. The molecule has 0 radical (unpaired) electrons. The molecule has 1 amide bonds. The number of nitrogens with one attached hydrogen (secondary N) is 2. The maximum atomic E-state index is 11.6. The topological polar surface area (TPSA) is 84.7 Å². The van der Waals surface area contributed by atoms with E-state index in [1.807, 2.05) is 26.0 Å². The molecule has 2 N–H and O–H groups in total. The molecule has 3 heterocycles. The molecule has 0 aromatic carbocycles. The van der Waals surface area contributed by atoms with Crippen LogP contribution in [0.5, 0.6) is 0 Å². The van der Waals surface area contributed by atoms with Gasteiger partial charge < -0.3 is 10.6 Å². The van der Waals surface area contributed by atoms with Gasteiger partial charge in [-0.25, -0.2) is 9.67 Å². The molecule has 7 heteroatoms. The standard InChI is InChI=1S/C20H24N6O/c1-12-9-13(2)26(25-12)20-23-18(10-19(24-20)22-14(3)27)17-6-4-5-15-11-21-8-7-16(15)17/h4-6,9-10,15-16,21H,7-8,11H2,1-3H3,(H,22,23,24,27). The Morgan fingerprint density at radius 2 is 2.15 bits per heavy atom. The molecule has 1 fully saturated rings. The molecular formula is C20H24N6O. The van der Waals surface area contributed by atoms with E-state index in [0.717, 1.165) is 36.6 Å². The molecule has 4 rings (SSSR count). The average Bonchev–Trinajstić information content (AvgIpc) is 2.98. The van der Waals surface area contributed by atoms with Gasteiger partial charge in [-0.05, 0) is 50.3 Å². The quantitative estimate of drug-likeness (QED) is 0.874. The number of amides is 1. The number of anilines is 1. The van der Waals surface area contributed by atoms with Crippen molar-refractivity contribution in [3.63, 3.8) is 0 Å². The Labute approximate surface area is 158 Å². The Kier molecular flexibility index (Phi) is 4.61. The Morgan fingerprint density at radius 3 is 2.89 bits per heavy atom. The van der Waals surface area contributed by atoms with E-state index in [-0.39, 0.29) is 5.91 Å². The van der Waals surface area contributed by atoms with Crippen molar-refractivity contribution in [2.24, 2.45) is 11.8 Å². The predicted octanol–water partition coefficient (Wildman–Crippen LogP) is 2.42. The van der Waals surface area contributed by atoms with E-state index in [0.29, 0.717) is 23.6 Å². The summed E-state index contributed by atoms with van der Waals surface area (Å²) >= 11 is 0. The van der Waals surface area contributed by atoms with Gasteiger partial charge in [0.15, 0.2) is 0 Å². The minimum Gasteiger partial charge on any atom is -0.316 e. The summed E-state index contributed by atoms with van der Waals surface area (Å²) in [7, 11) is 0. The first-order valence-corrected chi connectivity index (χ1v) is 9.31. The van der Waals surface area contributed by atoms with Crippen LogP contribution in [0.25, 0.3) is 11.5 Å². The maximum Gasteiger partial charge on any atom is 0.253 e. The Hall–Kier alpha value is -2.80. The van der Waals surface area contributed by atoms with Crippen molar-refractivity contribution in [1.29, 1.82) is 0 Å². The van der Waals surface area contributed by atoms with Crippen molar-refractivity contribution in [3.05, 3.63) is 47.4 Å². The Bertz CT molecular complexity index is 942. The van der Waals surface area contributed by atoms with Crippen LogP contribution in [0.4, 0.5) is 5.82 Å². The van der Waals surface area contributed by atoms with E-state index >= 15 is 0 Å². The molecule has 140 valence electrons. The highest BCUT2D eigenvalue weighted by Crippen LogP contribution is 2.37. The lowest BCUT2D eigenvalue weighted by Gasteiger charge is -2.34. The first-order valence-electron chi connectivity index (χ1n) is 9.31. The van der Waals surface area contributed by atoms with Gasteiger partial charge in [0.05, 0.1) is 11.4 Å². The van der Waals surface area contributed by atoms with Crippen LogP contribution in [-0.4, -0.2) is 38.7 Å². The summed E-state index contributed by atoms with van der Waals surface area (Å²) in [5.74, 6) is 1.70. The number of hydrogen-bond donors (Lipinski definition) is 2. The normalized spacial score (nSPS) is 21.5. The zero-order valence-corrected chi connectivity index (χ0v) is 15.9. The first-order chi connectivity index (χ1) is 13.0. The van der Waals surface area contributed by atoms with Gasteiger partial charge in [-0.2, -0.15) is 10.1 Å².